The summed E-state index contributed by atoms with van der Waals surface area (Å²) in [6.07, 6.45) is -6.97. The van der Waals surface area contributed by atoms with Crippen molar-refractivity contribution in [3.63, 3.8) is 0 Å². The Morgan fingerprint density at radius 2 is 1.83 bits per heavy atom. The molecule has 3 atom stereocenters. The van der Waals surface area contributed by atoms with Crippen LogP contribution in [0.1, 0.15) is 26.7 Å². The largest absolute Gasteiger partial charge is 0.481 e. The molecule has 3 N–H and O–H groups in total. The molecule has 0 fully saturated rings. The van der Waals surface area contributed by atoms with E-state index in [0.717, 1.165) is 0 Å². The molecule has 0 aromatic heterocycles. The van der Waals surface area contributed by atoms with E-state index >= 15 is 0 Å². The molecule has 0 saturated carbocycles. The van der Waals surface area contributed by atoms with E-state index in [1.165, 1.54) is 6.92 Å². The zero-order valence-corrected chi connectivity index (χ0v) is 9.99. The summed E-state index contributed by atoms with van der Waals surface area (Å²) in [6.45, 7) is 3.18. The van der Waals surface area contributed by atoms with Crippen LogP contribution in [0.15, 0.2) is 0 Å². The van der Waals surface area contributed by atoms with Gasteiger partial charge in [-0.25, -0.2) is 0 Å². The normalized spacial score (nSPS) is 16.8. The Kier molecular flexibility index (Phi) is 6.10. The van der Waals surface area contributed by atoms with Crippen molar-refractivity contribution < 1.29 is 33.0 Å². The van der Waals surface area contributed by atoms with Gasteiger partial charge in [0.2, 0.25) is 0 Å². The number of carboxylic acid groups (broad SMARTS) is 1. The van der Waals surface area contributed by atoms with Gasteiger partial charge in [-0.3, -0.25) is 9.59 Å². The van der Waals surface area contributed by atoms with Gasteiger partial charge >= 0.3 is 18.1 Å². The van der Waals surface area contributed by atoms with Crippen LogP contribution in [0.3, 0.4) is 0 Å². The molecule has 0 aliphatic heterocycles. The number of aliphatic carboxylic acids is 1. The first-order chi connectivity index (χ1) is 8.09. The van der Waals surface area contributed by atoms with Crippen LogP contribution in [-0.4, -0.2) is 40.4 Å². The highest BCUT2D eigenvalue weighted by atomic mass is 19.4. The number of aliphatic hydroxyl groups excluding tert-OH is 1. The molecule has 0 aromatic carbocycles. The molecule has 0 heterocycles. The average molecular weight is 271 g/mol. The smallest absolute Gasteiger partial charge is 0.471 e. The summed E-state index contributed by atoms with van der Waals surface area (Å²) in [4.78, 5) is 21.2. The second-order valence-electron chi connectivity index (χ2n) is 4.05. The Hall–Kier alpha value is -1.31. The third-order valence-electron chi connectivity index (χ3n) is 2.61. The molecule has 0 aliphatic carbocycles. The van der Waals surface area contributed by atoms with Crippen LogP contribution in [0.2, 0.25) is 0 Å². The number of halogens is 3. The summed E-state index contributed by atoms with van der Waals surface area (Å²) >= 11 is 0. The molecule has 0 aromatic rings. The van der Waals surface area contributed by atoms with Crippen LogP contribution in [0, 0.1) is 5.92 Å². The number of carboxylic acids is 1. The van der Waals surface area contributed by atoms with Crippen molar-refractivity contribution in [2.75, 3.05) is 0 Å². The lowest BCUT2D eigenvalue weighted by molar-refractivity contribution is -0.175. The molecule has 0 bridgehead atoms. The number of rotatable bonds is 6. The highest BCUT2D eigenvalue weighted by molar-refractivity contribution is 5.82. The summed E-state index contributed by atoms with van der Waals surface area (Å²) in [5.74, 6) is -4.01. The maximum absolute atomic E-state index is 12.1. The minimum absolute atomic E-state index is 0.388. The monoisotopic (exact) mass is 271 g/mol. The standard InChI is InChI=1S/C10H16F3NO4/c1-3-5(2)8(6(15)4-7(16)17)14-9(18)10(11,12)13/h5-6,8,15H,3-4H2,1-2H3,(H,14,18)(H,16,17)/t5-,6-,8+/m0/s1. The molecule has 1 amide bonds. The second-order valence-corrected chi connectivity index (χ2v) is 4.05. The zero-order valence-electron chi connectivity index (χ0n) is 9.99. The number of carbonyl (C=O) groups excluding carboxylic acids is 1. The number of amides is 1. The summed E-state index contributed by atoms with van der Waals surface area (Å²) in [7, 11) is 0. The van der Waals surface area contributed by atoms with Gasteiger partial charge < -0.3 is 15.5 Å². The lowest BCUT2D eigenvalue weighted by atomic mass is 9.92. The van der Waals surface area contributed by atoms with Crippen LogP contribution in [-0.2, 0) is 9.59 Å². The predicted molar refractivity (Wildman–Crippen MR) is 55.7 cm³/mol. The topological polar surface area (TPSA) is 86.6 Å². The Morgan fingerprint density at radius 3 is 2.17 bits per heavy atom. The molecule has 0 unspecified atom stereocenters. The van der Waals surface area contributed by atoms with Gasteiger partial charge in [-0.15, -0.1) is 0 Å². The quantitative estimate of drug-likeness (QED) is 0.670. The average Bonchev–Trinajstić information content (AvgIpc) is 2.21. The van der Waals surface area contributed by atoms with Crippen molar-refractivity contribution in [2.24, 2.45) is 5.92 Å². The summed E-state index contributed by atoms with van der Waals surface area (Å²) in [6, 6.07) is -1.25. The fourth-order valence-corrected chi connectivity index (χ4v) is 1.41. The third-order valence-corrected chi connectivity index (χ3v) is 2.61. The van der Waals surface area contributed by atoms with E-state index in [1.807, 2.05) is 0 Å². The molecule has 0 saturated heterocycles. The molecule has 8 heteroatoms. The van der Waals surface area contributed by atoms with Crippen molar-refractivity contribution in [3.05, 3.63) is 0 Å². The van der Waals surface area contributed by atoms with Gasteiger partial charge in [0.25, 0.3) is 0 Å². The second kappa shape index (κ2) is 6.58. The molecule has 0 rings (SSSR count). The SMILES string of the molecule is CC[C@H](C)[C@@H](NC(=O)C(F)(F)F)[C@@H](O)CC(=O)O. The van der Waals surface area contributed by atoms with Gasteiger partial charge in [0.15, 0.2) is 0 Å². The third kappa shape index (κ3) is 5.35. The fraction of sp³-hybridized carbons (Fsp3) is 0.800. The van der Waals surface area contributed by atoms with Crippen molar-refractivity contribution in [1.29, 1.82) is 0 Å². The summed E-state index contributed by atoms with van der Waals surface area (Å²) in [5, 5.41) is 19.7. The first-order valence-electron chi connectivity index (χ1n) is 5.37. The number of hydrogen-bond acceptors (Lipinski definition) is 3. The van der Waals surface area contributed by atoms with Crippen LogP contribution in [0.5, 0.6) is 0 Å². The molecular formula is C10H16F3NO4. The first-order valence-corrected chi connectivity index (χ1v) is 5.37. The van der Waals surface area contributed by atoms with Crippen LogP contribution in [0.25, 0.3) is 0 Å². The molecule has 18 heavy (non-hydrogen) atoms. The van der Waals surface area contributed by atoms with E-state index in [4.69, 9.17) is 5.11 Å². The van der Waals surface area contributed by atoms with Gasteiger partial charge in [-0.1, -0.05) is 20.3 Å². The fourth-order valence-electron chi connectivity index (χ4n) is 1.41. The molecule has 0 spiro atoms. The molecule has 0 aliphatic rings. The number of alkyl halides is 3. The van der Waals surface area contributed by atoms with E-state index in [1.54, 1.807) is 12.2 Å². The Morgan fingerprint density at radius 1 is 1.33 bits per heavy atom. The first kappa shape index (κ1) is 16.7. The highest BCUT2D eigenvalue weighted by Crippen LogP contribution is 2.19. The van der Waals surface area contributed by atoms with E-state index in [9.17, 15) is 27.9 Å². The summed E-state index contributed by atoms with van der Waals surface area (Å²) in [5.41, 5.74) is 0. The van der Waals surface area contributed by atoms with E-state index in [2.05, 4.69) is 0 Å². The number of hydrogen-bond donors (Lipinski definition) is 3. The van der Waals surface area contributed by atoms with Gasteiger partial charge in [-0.2, -0.15) is 13.2 Å². The van der Waals surface area contributed by atoms with Gasteiger partial charge in [-0.05, 0) is 5.92 Å². The van der Waals surface area contributed by atoms with Crippen LogP contribution < -0.4 is 5.32 Å². The lowest BCUT2D eigenvalue weighted by Gasteiger charge is -2.28. The van der Waals surface area contributed by atoms with E-state index in [0.29, 0.717) is 6.42 Å². The van der Waals surface area contributed by atoms with E-state index < -0.39 is 42.5 Å². The van der Waals surface area contributed by atoms with E-state index in [-0.39, 0.29) is 0 Å². The summed E-state index contributed by atoms with van der Waals surface area (Å²) < 4.78 is 36.3. The maximum Gasteiger partial charge on any atom is 0.471 e. The molecule has 0 radical (unpaired) electrons. The Labute approximate surface area is 102 Å². The van der Waals surface area contributed by atoms with Crippen molar-refractivity contribution >= 4 is 11.9 Å². The van der Waals surface area contributed by atoms with Gasteiger partial charge in [0, 0.05) is 0 Å². The van der Waals surface area contributed by atoms with Crippen molar-refractivity contribution in [2.45, 2.75) is 45.0 Å². The molecule has 106 valence electrons. The molecule has 5 nitrogen and oxygen atoms in total. The number of nitrogens with one attached hydrogen (secondary N) is 1. The van der Waals surface area contributed by atoms with Crippen LogP contribution in [0.4, 0.5) is 13.2 Å². The minimum Gasteiger partial charge on any atom is -0.481 e. The Bertz CT molecular complexity index is 306. The van der Waals surface area contributed by atoms with Crippen molar-refractivity contribution in [1.82, 2.24) is 5.32 Å². The lowest BCUT2D eigenvalue weighted by Crippen LogP contribution is -2.51. The minimum atomic E-state index is -5.06. The number of carbonyl (C=O) groups is 2. The van der Waals surface area contributed by atoms with Crippen molar-refractivity contribution in [3.8, 4) is 0 Å². The zero-order chi connectivity index (χ0) is 14.5. The number of aliphatic hydroxyl groups is 1. The van der Waals surface area contributed by atoms with Crippen LogP contribution >= 0.6 is 0 Å². The highest BCUT2D eigenvalue weighted by Gasteiger charge is 2.41. The van der Waals surface area contributed by atoms with Gasteiger partial charge in [0.1, 0.15) is 0 Å². The molecular weight excluding hydrogens is 255 g/mol. The maximum atomic E-state index is 12.1. The Balaban J connectivity index is 4.80. The predicted octanol–water partition coefficient (Wildman–Crippen LogP) is 0.915. The van der Waals surface area contributed by atoms with Gasteiger partial charge in [0.05, 0.1) is 18.6 Å².